The Morgan fingerprint density at radius 3 is 0.990 bits per heavy atom. The lowest BCUT2D eigenvalue weighted by Crippen LogP contribution is -2.43. The van der Waals surface area contributed by atoms with Gasteiger partial charge in [-0.25, -0.2) is 13.9 Å². The van der Waals surface area contributed by atoms with Crippen LogP contribution in [0.1, 0.15) is 350 Å². The van der Waals surface area contributed by atoms with Crippen molar-refractivity contribution in [1.82, 2.24) is 21.3 Å². The predicted molar refractivity (Wildman–Crippen MR) is 416 cm³/mol. The van der Waals surface area contributed by atoms with Crippen LogP contribution < -0.4 is 21.3 Å². The van der Waals surface area contributed by atoms with Crippen LogP contribution in [0.4, 0.5) is 4.79 Å². The van der Waals surface area contributed by atoms with E-state index in [2.05, 4.69) is 87.1 Å². The zero-order chi connectivity index (χ0) is 76.7. The minimum Gasteiger partial charge on any atom is -0.462 e. The van der Waals surface area contributed by atoms with Gasteiger partial charge in [0, 0.05) is 39.1 Å². The first-order chi connectivity index (χ1) is 50.3. The number of carbonyl (C=O) groups excluding carboxylic acids is 5. The van der Waals surface area contributed by atoms with E-state index in [-0.39, 0.29) is 77.1 Å². The number of aliphatic hydroxyl groups excluding tert-OH is 2. The standard InChI is InChI=1S/C79H152N4O19P2/c1-7-13-19-25-28-31-34-40-46-52-74(102-78(89)54-48-42-36-33-30-27-21-15-9-3)64-76(87)83-70(66-96-60-56-72(85)50-44-38-23-17-11-5)68-100-104(93,94)98-62-58-81-79(90)80-57-61-97-103(91,92)99-67-69(65-95-59-55-71(84)49-43-37-22-16-10-4)82-75(86)63-73(51-45-39-24-18-12-6)101-77(88)53-47-41-35-32-29-26-20-14-8-2/h32-33,35-36,69-74,84-85H,7-31,34,37-68H2,1-6H3,(H,82,86)(H,83,87)(H,91,92)(H,93,94)(H2,80,81,90)/b35-32+,36-33+/t69?,70?,71-,72-,73-,74-/m1/s1. The summed E-state index contributed by atoms with van der Waals surface area (Å²) in [5.74, 6) is -1.69. The van der Waals surface area contributed by atoms with E-state index in [1.165, 1.54) is 70.6 Å². The van der Waals surface area contributed by atoms with Crippen molar-refractivity contribution < 1.29 is 90.1 Å². The molecule has 0 bridgehead atoms. The molecule has 0 aliphatic carbocycles. The first kappa shape index (κ1) is 101. The second kappa shape index (κ2) is 72.5. The molecule has 25 heteroatoms. The molecule has 0 saturated heterocycles. The monoisotopic (exact) mass is 1520 g/mol. The minimum absolute atomic E-state index is 0.133. The summed E-state index contributed by atoms with van der Waals surface area (Å²) in [6.45, 7) is 10.5. The molecular weight excluding hydrogens is 1370 g/mol. The van der Waals surface area contributed by atoms with Crippen molar-refractivity contribution in [2.45, 2.75) is 386 Å². The number of nitrogens with one attached hydrogen (secondary N) is 4. The summed E-state index contributed by atoms with van der Waals surface area (Å²) in [4.78, 5) is 87.9. The molecule has 0 aromatic heterocycles. The SMILES string of the molecule is CCCCCC/C=C/CCCC(=O)O[C@H](CCCCCCC)CC(=O)NC(COCC[C@H](O)CCCCCCC)COP(=O)(O)OCCNC(=O)NCCOP(=O)(O)OCC(COCC[C@H](O)CCCCCCC)NC(=O)C[C@@H](CCCCCCCCCCC)OC(=O)CCC/C=C/CCCCCC. The number of allylic oxidation sites excluding steroid dienone is 4. The van der Waals surface area contributed by atoms with Crippen molar-refractivity contribution in [3.8, 4) is 0 Å². The lowest BCUT2D eigenvalue weighted by Gasteiger charge is -2.23. The molecule has 0 radical (unpaired) electrons. The Morgan fingerprint density at radius 2 is 0.654 bits per heavy atom. The van der Waals surface area contributed by atoms with E-state index in [0.717, 1.165) is 161 Å². The fraction of sp³-hybridized carbons (Fsp3) is 0.886. The van der Waals surface area contributed by atoms with Gasteiger partial charge < -0.3 is 60.2 Å². The molecule has 104 heavy (non-hydrogen) atoms. The maximum atomic E-state index is 13.8. The minimum atomic E-state index is -4.79. The molecule has 0 fully saturated rings. The molecule has 0 aliphatic rings. The molecule has 0 aliphatic heterocycles. The van der Waals surface area contributed by atoms with Crippen molar-refractivity contribution in [2.24, 2.45) is 0 Å². The summed E-state index contributed by atoms with van der Waals surface area (Å²) in [6, 6.07) is -2.66. The quantitative estimate of drug-likeness (QED) is 0.0121. The van der Waals surface area contributed by atoms with Crippen molar-refractivity contribution in [2.75, 3.05) is 65.9 Å². The fourth-order valence-corrected chi connectivity index (χ4v) is 13.2. The highest BCUT2D eigenvalue weighted by Gasteiger charge is 2.29. The average Bonchev–Trinajstić information content (AvgIpc) is 0.925. The third-order valence-electron chi connectivity index (χ3n) is 18.0. The Kier molecular flexibility index (Phi) is 70.2. The van der Waals surface area contributed by atoms with Crippen LogP contribution in [0.3, 0.4) is 0 Å². The molecule has 4 amide bonds. The number of hydrogen-bond donors (Lipinski definition) is 8. The Balaban J connectivity index is 5.76. The summed E-state index contributed by atoms with van der Waals surface area (Å²) < 4.78 is 70.9. The van der Waals surface area contributed by atoms with E-state index in [1.54, 1.807) is 0 Å². The van der Waals surface area contributed by atoms with E-state index in [9.17, 15) is 53.1 Å². The Labute approximate surface area is 630 Å². The molecule has 0 heterocycles. The van der Waals surface area contributed by atoms with Crippen LogP contribution in [-0.2, 0) is 65.4 Å². The number of amides is 4. The maximum absolute atomic E-state index is 13.8. The second-order valence-corrected chi connectivity index (χ2v) is 31.1. The number of unbranched alkanes of at least 4 members (excludes halogenated alkanes) is 30. The number of rotatable bonds is 78. The van der Waals surface area contributed by atoms with Crippen molar-refractivity contribution in [3.63, 3.8) is 0 Å². The lowest BCUT2D eigenvalue weighted by molar-refractivity contribution is -0.152. The average molecular weight is 1520 g/mol. The van der Waals surface area contributed by atoms with Gasteiger partial charge in [-0.15, -0.1) is 0 Å². The number of phosphoric ester groups is 2. The van der Waals surface area contributed by atoms with Crippen LogP contribution in [-0.4, -0.2) is 152 Å². The highest BCUT2D eigenvalue weighted by molar-refractivity contribution is 7.47. The van der Waals surface area contributed by atoms with E-state index in [0.29, 0.717) is 51.4 Å². The molecule has 0 aromatic carbocycles. The number of phosphoric acid groups is 2. The number of carbonyl (C=O) groups is 5. The smallest absolute Gasteiger partial charge is 0.462 e. The van der Waals surface area contributed by atoms with Gasteiger partial charge in [0.15, 0.2) is 0 Å². The predicted octanol–water partition coefficient (Wildman–Crippen LogP) is 18.1. The molecule has 0 saturated carbocycles. The summed E-state index contributed by atoms with van der Waals surface area (Å²) in [6.07, 6.45) is 48.8. The molecule has 23 nitrogen and oxygen atoms in total. The van der Waals surface area contributed by atoms with E-state index in [4.69, 9.17) is 37.0 Å². The van der Waals surface area contributed by atoms with Gasteiger partial charge in [0.25, 0.3) is 0 Å². The van der Waals surface area contributed by atoms with Crippen molar-refractivity contribution >= 4 is 45.4 Å². The maximum Gasteiger partial charge on any atom is 0.472 e. The first-order valence-electron chi connectivity index (χ1n) is 41.4. The zero-order valence-electron chi connectivity index (χ0n) is 66.1. The molecule has 612 valence electrons. The third-order valence-corrected chi connectivity index (χ3v) is 19.9. The Morgan fingerprint density at radius 1 is 0.356 bits per heavy atom. The van der Waals surface area contributed by atoms with Gasteiger partial charge >= 0.3 is 33.6 Å². The molecule has 8 atom stereocenters. The number of aliphatic hydroxyl groups is 2. The molecule has 0 spiro atoms. The highest BCUT2D eigenvalue weighted by Crippen LogP contribution is 2.44. The van der Waals surface area contributed by atoms with E-state index < -0.39 is 96.4 Å². The van der Waals surface area contributed by atoms with Gasteiger partial charge in [0.2, 0.25) is 11.8 Å². The van der Waals surface area contributed by atoms with Gasteiger partial charge in [-0.2, -0.15) is 0 Å². The molecule has 0 aromatic rings. The van der Waals surface area contributed by atoms with Gasteiger partial charge in [-0.1, -0.05) is 246 Å². The fourth-order valence-electron chi connectivity index (χ4n) is 11.7. The molecule has 8 N–H and O–H groups in total. The molecule has 4 unspecified atom stereocenters. The second-order valence-electron chi connectivity index (χ2n) is 28.2. The van der Waals surface area contributed by atoms with Gasteiger partial charge in [-0.05, 0) is 103 Å². The summed E-state index contributed by atoms with van der Waals surface area (Å²) in [5.41, 5.74) is 0. The topological polar surface area (TPSA) is 322 Å². The number of ether oxygens (including phenoxy) is 4. The molecule has 0 rings (SSSR count). The largest absolute Gasteiger partial charge is 0.472 e. The number of urea groups is 1. The van der Waals surface area contributed by atoms with Crippen LogP contribution in [0.5, 0.6) is 0 Å². The van der Waals surface area contributed by atoms with Crippen molar-refractivity contribution in [1.29, 1.82) is 0 Å². The van der Waals surface area contributed by atoms with Gasteiger partial charge in [0.05, 0.1) is 76.8 Å². The normalized spacial score (nSPS) is 14.7. The van der Waals surface area contributed by atoms with Gasteiger partial charge in [0.1, 0.15) is 12.2 Å². The Hall–Kier alpha value is -3.31. The zero-order valence-corrected chi connectivity index (χ0v) is 67.9. The summed E-state index contributed by atoms with van der Waals surface area (Å²) >= 11 is 0. The van der Waals surface area contributed by atoms with E-state index >= 15 is 0 Å². The number of esters is 2. The first-order valence-corrected chi connectivity index (χ1v) is 44.4. The van der Waals surface area contributed by atoms with Gasteiger partial charge in [-0.3, -0.25) is 37.3 Å². The van der Waals surface area contributed by atoms with Crippen LogP contribution in [0.15, 0.2) is 24.3 Å². The molecular formula is C79H152N4O19P2. The van der Waals surface area contributed by atoms with E-state index in [1.807, 2.05) is 0 Å². The highest BCUT2D eigenvalue weighted by atomic mass is 31.2. The van der Waals surface area contributed by atoms with Crippen LogP contribution in [0.2, 0.25) is 0 Å². The lowest BCUT2D eigenvalue weighted by atomic mass is 10.0. The van der Waals surface area contributed by atoms with Crippen LogP contribution in [0.25, 0.3) is 0 Å². The summed E-state index contributed by atoms with van der Waals surface area (Å²) in [5, 5.41) is 31.8. The van der Waals surface area contributed by atoms with Crippen LogP contribution >= 0.6 is 15.6 Å². The number of hydrogen-bond acceptors (Lipinski definition) is 17. The Bertz CT molecular complexity index is 2200. The van der Waals surface area contributed by atoms with Crippen LogP contribution in [0, 0.1) is 0 Å². The third kappa shape index (κ3) is 69.2. The van der Waals surface area contributed by atoms with Crippen molar-refractivity contribution in [3.05, 3.63) is 24.3 Å². The summed E-state index contributed by atoms with van der Waals surface area (Å²) in [7, 11) is -9.58.